The summed E-state index contributed by atoms with van der Waals surface area (Å²) in [5, 5.41) is 9.81. The molecule has 6 heteroatoms. The van der Waals surface area contributed by atoms with Crippen molar-refractivity contribution in [2.24, 2.45) is 0 Å². The summed E-state index contributed by atoms with van der Waals surface area (Å²) in [4.78, 5) is 15.0. The summed E-state index contributed by atoms with van der Waals surface area (Å²) < 4.78 is 5.47. The Kier molecular flexibility index (Phi) is 3.93. The van der Waals surface area contributed by atoms with Gasteiger partial charge in [0, 0.05) is 21.8 Å². The maximum absolute atomic E-state index is 10.9. The molecule has 0 aliphatic rings. The van der Waals surface area contributed by atoms with Crippen LogP contribution in [0.1, 0.15) is 16.1 Å². The Morgan fingerprint density at radius 2 is 1.79 bits per heavy atom. The molecule has 0 atom stereocenters. The normalized spacial score (nSPS) is 10.3. The van der Waals surface area contributed by atoms with E-state index in [2.05, 4.69) is 4.98 Å². The number of ether oxygens (including phenoxy) is 1. The highest BCUT2D eigenvalue weighted by Crippen LogP contribution is 2.28. The van der Waals surface area contributed by atoms with Crippen molar-refractivity contribution in [1.82, 2.24) is 4.98 Å². The van der Waals surface area contributed by atoms with Crippen molar-refractivity contribution >= 4 is 29.2 Å². The van der Waals surface area contributed by atoms with Crippen molar-refractivity contribution in [1.29, 1.82) is 0 Å². The first-order valence-corrected chi connectivity index (χ1v) is 6.05. The number of hydrogen-bond acceptors (Lipinski definition) is 3. The van der Waals surface area contributed by atoms with Crippen LogP contribution in [0, 0.1) is 6.92 Å². The number of hydrogen-bond donors (Lipinski definition) is 1. The van der Waals surface area contributed by atoms with Crippen LogP contribution in [-0.4, -0.2) is 16.1 Å². The van der Waals surface area contributed by atoms with Crippen LogP contribution in [0.4, 0.5) is 0 Å². The minimum absolute atomic E-state index is 0.107. The van der Waals surface area contributed by atoms with Crippen molar-refractivity contribution in [3.05, 3.63) is 51.6 Å². The van der Waals surface area contributed by atoms with Gasteiger partial charge in [-0.1, -0.05) is 23.2 Å². The van der Waals surface area contributed by atoms with E-state index in [0.29, 0.717) is 21.5 Å². The number of carboxylic acid groups (broad SMARTS) is 1. The lowest BCUT2D eigenvalue weighted by molar-refractivity contribution is 0.0696. The quantitative estimate of drug-likeness (QED) is 0.923. The summed E-state index contributed by atoms with van der Waals surface area (Å²) in [6, 6.07) is 7.50. The first-order valence-electron chi connectivity index (χ1n) is 5.30. The molecule has 0 spiro atoms. The maximum atomic E-state index is 10.9. The Morgan fingerprint density at radius 3 is 2.37 bits per heavy atom. The molecule has 0 aliphatic carbocycles. The van der Waals surface area contributed by atoms with Crippen LogP contribution >= 0.6 is 23.2 Å². The molecule has 4 nitrogen and oxygen atoms in total. The number of carbonyl (C=O) groups is 1. The van der Waals surface area contributed by atoms with Gasteiger partial charge in [-0.3, -0.25) is 0 Å². The lowest BCUT2D eigenvalue weighted by Gasteiger charge is -2.07. The Labute approximate surface area is 119 Å². The topological polar surface area (TPSA) is 59.4 Å². The molecule has 0 unspecified atom stereocenters. The summed E-state index contributed by atoms with van der Waals surface area (Å²) in [5.74, 6) is -0.470. The van der Waals surface area contributed by atoms with E-state index >= 15 is 0 Å². The molecule has 0 amide bonds. The van der Waals surface area contributed by atoms with Gasteiger partial charge in [0.2, 0.25) is 5.88 Å². The third-order valence-electron chi connectivity index (χ3n) is 2.24. The fourth-order valence-corrected chi connectivity index (χ4v) is 2.03. The Bertz CT molecular complexity index is 624. The van der Waals surface area contributed by atoms with E-state index in [1.807, 2.05) is 0 Å². The second kappa shape index (κ2) is 5.47. The van der Waals surface area contributed by atoms with Gasteiger partial charge in [0.25, 0.3) is 0 Å². The number of rotatable bonds is 3. The molecule has 2 aromatic rings. The number of benzene rings is 1. The minimum atomic E-state index is -1.04. The predicted molar refractivity (Wildman–Crippen MR) is 72.5 cm³/mol. The molecule has 2 rings (SSSR count). The van der Waals surface area contributed by atoms with Gasteiger partial charge < -0.3 is 9.84 Å². The van der Waals surface area contributed by atoms with Crippen LogP contribution in [0.15, 0.2) is 30.3 Å². The monoisotopic (exact) mass is 297 g/mol. The number of pyridine rings is 1. The molecular formula is C13H9Cl2NO3. The second-order valence-corrected chi connectivity index (χ2v) is 4.72. The van der Waals surface area contributed by atoms with E-state index in [1.54, 1.807) is 25.1 Å². The third-order valence-corrected chi connectivity index (χ3v) is 2.67. The van der Waals surface area contributed by atoms with Gasteiger partial charge in [0.05, 0.1) is 5.56 Å². The highest BCUT2D eigenvalue weighted by atomic mass is 35.5. The van der Waals surface area contributed by atoms with Crippen molar-refractivity contribution in [3.63, 3.8) is 0 Å². The molecule has 19 heavy (non-hydrogen) atoms. The molecule has 0 saturated carbocycles. The van der Waals surface area contributed by atoms with E-state index in [9.17, 15) is 4.79 Å². The van der Waals surface area contributed by atoms with Crippen LogP contribution in [0.5, 0.6) is 11.6 Å². The van der Waals surface area contributed by atoms with Crippen LogP contribution in [0.2, 0.25) is 10.0 Å². The molecule has 1 aromatic heterocycles. The van der Waals surface area contributed by atoms with Crippen molar-refractivity contribution in [3.8, 4) is 11.6 Å². The first-order chi connectivity index (χ1) is 8.94. The molecule has 0 bridgehead atoms. The maximum Gasteiger partial charge on any atom is 0.335 e. The summed E-state index contributed by atoms with van der Waals surface area (Å²) in [5.41, 5.74) is 0.652. The summed E-state index contributed by atoms with van der Waals surface area (Å²) in [6.45, 7) is 1.68. The number of nitrogens with zero attached hydrogens (tertiary/aromatic N) is 1. The molecular weight excluding hydrogens is 289 g/mol. The average molecular weight is 298 g/mol. The fourth-order valence-electron chi connectivity index (χ4n) is 1.52. The summed E-state index contributed by atoms with van der Waals surface area (Å²) >= 11 is 11.7. The Morgan fingerprint density at radius 1 is 1.16 bits per heavy atom. The van der Waals surface area contributed by atoms with Crippen molar-refractivity contribution < 1.29 is 14.6 Å². The largest absolute Gasteiger partial charge is 0.478 e. The number of halogens is 2. The zero-order valence-electron chi connectivity index (χ0n) is 9.85. The second-order valence-electron chi connectivity index (χ2n) is 3.85. The van der Waals surface area contributed by atoms with E-state index < -0.39 is 5.97 Å². The summed E-state index contributed by atoms with van der Waals surface area (Å²) in [6.07, 6.45) is 0. The minimum Gasteiger partial charge on any atom is -0.478 e. The first kappa shape index (κ1) is 13.6. The smallest absolute Gasteiger partial charge is 0.335 e. The van der Waals surface area contributed by atoms with Crippen LogP contribution in [-0.2, 0) is 0 Å². The highest BCUT2D eigenvalue weighted by molar-refractivity contribution is 6.34. The summed E-state index contributed by atoms with van der Waals surface area (Å²) in [7, 11) is 0. The molecule has 1 heterocycles. The van der Waals surface area contributed by atoms with Gasteiger partial charge in [-0.05, 0) is 31.2 Å². The van der Waals surface area contributed by atoms with Crippen LogP contribution in [0.3, 0.4) is 0 Å². The van der Waals surface area contributed by atoms with Gasteiger partial charge in [-0.2, -0.15) is 0 Å². The molecule has 1 aromatic carbocycles. The van der Waals surface area contributed by atoms with E-state index in [0.717, 1.165) is 0 Å². The van der Waals surface area contributed by atoms with Gasteiger partial charge >= 0.3 is 5.97 Å². The zero-order chi connectivity index (χ0) is 14.0. The SMILES string of the molecule is Cc1cc(C(=O)O)cc(Oc2cc(Cl)cc(Cl)c2)n1. The Balaban J connectivity index is 2.35. The number of aromatic nitrogens is 1. The van der Waals surface area contributed by atoms with Crippen LogP contribution < -0.4 is 4.74 Å². The van der Waals surface area contributed by atoms with Crippen molar-refractivity contribution in [2.75, 3.05) is 0 Å². The van der Waals surface area contributed by atoms with Gasteiger partial charge in [0.1, 0.15) is 5.75 Å². The molecule has 98 valence electrons. The van der Waals surface area contributed by atoms with Crippen molar-refractivity contribution in [2.45, 2.75) is 6.92 Å². The lowest BCUT2D eigenvalue weighted by Crippen LogP contribution is -1.99. The average Bonchev–Trinajstić information content (AvgIpc) is 2.26. The van der Waals surface area contributed by atoms with Crippen LogP contribution in [0.25, 0.3) is 0 Å². The molecule has 0 radical (unpaired) electrons. The Hall–Kier alpha value is -1.78. The van der Waals surface area contributed by atoms with E-state index in [1.165, 1.54) is 12.1 Å². The molecule has 1 N–H and O–H groups in total. The number of aryl methyl sites for hydroxylation is 1. The van der Waals surface area contributed by atoms with E-state index in [-0.39, 0.29) is 11.4 Å². The third kappa shape index (κ3) is 3.59. The number of carboxylic acids is 1. The molecule has 0 aliphatic heterocycles. The van der Waals surface area contributed by atoms with Gasteiger partial charge in [-0.15, -0.1) is 0 Å². The lowest BCUT2D eigenvalue weighted by atomic mass is 10.2. The van der Waals surface area contributed by atoms with Gasteiger partial charge in [0.15, 0.2) is 0 Å². The molecule has 0 fully saturated rings. The van der Waals surface area contributed by atoms with Gasteiger partial charge in [-0.25, -0.2) is 9.78 Å². The zero-order valence-corrected chi connectivity index (χ0v) is 11.4. The molecule has 0 saturated heterocycles. The fraction of sp³-hybridized carbons (Fsp3) is 0.0769. The number of aromatic carboxylic acids is 1. The highest BCUT2D eigenvalue weighted by Gasteiger charge is 2.09. The predicted octanol–water partition coefficient (Wildman–Crippen LogP) is 4.19. The standard InChI is InChI=1S/C13H9Cl2NO3/c1-7-2-8(13(17)18)3-12(16-7)19-11-5-9(14)4-10(15)6-11/h2-6H,1H3,(H,17,18). The van der Waals surface area contributed by atoms with E-state index in [4.69, 9.17) is 33.0 Å².